The largest absolute Gasteiger partial charge is 0.368 e. The van der Waals surface area contributed by atoms with Crippen molar-refractivity contribution >= 4 is 17.6 Å². The number of anilines is 3. The number of piperazine rings is 1. The highest BCUT2D eigenvalue weighted by molar-refractivity contribution is 5.55. The Bertz CT molecular complexity index is 469. The first-order valence-corrected chi connectivity index (χ1v) is 7.48. The van der Waals surface area contributed by atoms with Crippen molar-refractivity contribution in [1.82, 2.24) is 14.9 Å². The molecule has 1 aromatic rings. The molecule has 0 spiro atoms. The van der Waals surface area contributed by atoms with Gasteiger partial charge in [-0.1, -0.05) is 0 Å². The summed E-state index contributed by atoms with van der Waals surface area (Å²) < 4.78 is 0. The third-order valence-electron chi connectivity index (χ3n) is 4.39. The topological polar surface area (TPSA) is 61.5 Å². The summed E-state index contributed by atoms with van der Waals surface area (Å²) in [6.07, 6.45) is 2.46. The molecule has 0 aromatic carbocycles. The van der Waals surface area contributed by atoms with Gasteiger partial charge in [-0.2, -0.15) is 9.97 Å². The Morgan fingerprint density at radius 2 is 1.80 bits per heavy atom. The lowest BCUT2D eigenvalue weighted by atomic mass is 10.2. The molecule has 6 heteroatoms. The summed E-state index contributed by atoms with van der Waals surface area (Å²) in [6.45, 7) is 7.46. The highest BCUT2D eigenvalue weighted by atomic mass is 15.3. The number of hydrogen-bond donors (Lipinski definition) is 1. The van der Waals surface area contributed by atoms with Crippen molar-refractivity contribution in [3.63, 3.8) is 0 Å². The van der Waals surface area contributed by atoms with Crippen LogP contribution in [0.15, 0.2) is 6.07 Å². The van der Waals surface area contributed by atoms with Crippen LogP contribution in [0.25, 0.3) is 0 Å². The van der Waals surface area contributed by atoms with E-state index in [1.807, 2.05) is 0 Å². The summed E-state index contributed by atoms with van der Waals surface area (Å²) in [5.41, 5.74) is 5.92. The van der Waals surface area contributed by atoms with Gasteiger partial charge in [0.15, 0.2) is 0 Å². The van der Waals surface area contributed by atoms with E-state index in [9.17, 15) is 0 Å². The summed E-state index contributed by atoms with van der Waals surface area (Å²) in [5, 5.41) is 0. The van der Waals surface area contributed by atoms with E-state index in [0.29, 0.717) is 12.0 Å². The number of nitrogens with zero attached hydrogens (tertiary/aromatic N) is 5. The van der Waals surface area contributed by atoms with Crippen molar-refractivity contribution < 1.29 is 0 Å². The van der Waals surface area contributed by atoms with Crippen molar-refractivity contribution in [1.29, 1.82) is 0 Å². The molecule has 20 heavy (non-hydrogen) atoms. The lowest BCUT2D eigenvalue weighted by molar-refractivity contribution is 0.312. The van der Waals surface area contributed by atoms with Crippen LogP contribution in [0.2, 0.25) is 0 Å². The van der Waals surface area contributed by atoms with Crippen LogP contribution in [0, 0.1) is 0 Å². The van der Waals surface area contributed by atoms with Crippen molar-refractivity contribution in [3.05, 3.63) is 6.07 Å². The van der Waals surface area contributed by atoms with Gasteiger partial charge >= 0.3 is 0 Å². The molecule has 1 unspecified atom stereocenters. The zero-order valence-electron chi connectivity index (χ0n) is 12.4. The van der Waals surface area contributed by atoms with Gasteiger partial charge in [0.25, 0.3) is 0 Å². The second-order valence-electron chi connectivity index (χ2n) is 5.92. The Labute approximate surface area is 120 Å². The third kappa shape index (κ3) is 2.65. The molecule has 2 fully saturated rings. The van der Waals surface area contributed by atoms with Gasteiger partial charge in [-0.25, -0.2) is 0 Å². The number of hydrogen-bond acceptors (Lipinski definition) is 6. The van der Waals surface area contributed by atoms with Gasteiger partial charge in [-0.3, -0.25) is 0 Å². The van der Waals surface area contributed by atoms with Gasteiger partial charge in [-0.05, 0) is 26.8 Å². The molecule has 1 aromatic heterocycles. The van der Waals surface area contributed by atoms with Crippen LogP contribution in [0.1, 0.15) is 19.8 Å². The average Bonchev–Trinajstić information content (AvgIpc) is 2.85. The van der Waals surface area contributed by atoms with Gasteiger partial charge in [0, 0.05) is 44.8 Å². The summed E-state index contributed by atoms with van der Waals surface area (Å²) in [4.78, 5) is 15.8. The van der Waals surface area contributed by atoms with Crippen LogP contribution >= 0.6 is 0 Å². The summed E-state index contributed by atoms with van der Waals surface area (Å²) in [6, 6.07) is 2.65. The molecule has 110 valence electrons. The lowest BCUT2D eigenvalue weighted by Crippen LogP contribution is -2.45. The Kier molecular flexibility index (Phi) is 3.65. The summed E-state index contributed by atoms with van der Waals surface area (Å²) >= 11 is 0. The predicted molar refractivity (Wildman–Crippen MR) is 82.2 cm³/mol. The minimum atomic E-state index is 0.385. The molecule has 3 heterocycles. The van der Waals surface area contributed by atoms with Crippen LogP contribution in [0.4, 0.5) is 17.6 Å². The lowest BCUT2D eigenvalue weighted by Gasteiger charge is -2.33. The fourth-order valence-corrected chi connectivity index (χ4v) is 3.06. The quantitative estimate of drug-likeness (QED) is 0.862. The molecule has 0 aliphatic carbocycles. The summed E-state index contributed by atoms with van der Waals surface area (Å²) in [7, 11) is 2.16. The second kappa shape index (κ2) is 5.44. The number of nitrogen functional groups attached to an aromatic ring is 1. The Morgan fingerprint density at radius 1 is 1.10 bits per heavy atom. The maximum atomic E-state index is 5.92. The molecular formula is C14H24N6. The molecule has 2 aliphatic rings. The van der Waals surface area contributed by atoms with Crippen LogP contribution in [0.5, 0.6) is 0 Å². The minimum Gasteiger partial charge on any atom is -0.368 e. The van der Waals surface area contributed by atoms with Gasteiger partial charge < -0.3 is 20.4 Å². The van der Waals surface area contributed by atoms with E-state index in [0.717, 1.165) is 44.4 Å². The zero-order valence-corrected chi connectivity index (χ0v) is 12.4. The Morgan fingerprint density at radius 3 is 2.45 bits per heavy atom. The fraction of sp³-hybridized carbons (Fsp3) is 0.714. The molecule has 6 nitrogen and oxygen atoms in total. The first-order valence-electron chi connectivity index (χ1n) is 7.48. The van der Waals surface area contributed by atoms with E-state index < -0.39 is 0 Å². The summed E-state index contributed by atoms with van der Waals surface area (Å²) in [5.74, 6) is 2.34. The molecule has 2 saturated heterocycles. The maximum absolute atomic E-state index is 5.92. The first-order chi connectivity index (χ1) is 9.63. The Hall–Kier alpha value is -1.56. The molecular weight excluding hydrogens is 252 g/mol. The molecule has 0 amide bonds. The smallest absolute Gasteiger partial charge is 0.223 e. The third-order valence-corrected chi connectivity index (χ3v) is 4.39. The van der Waals surface area contributed by atoms with Gasteiger partial charge in [0.05, 0.1) is 0 Å². The molecule has 2 N–H and O–H groups in total. The van der Waals surface area contributed by atoms with Crippen molar-refractivity contribution in [2.45, 2.75) is 25.8 Å². The molecule has 1 atom stereocenters. The zero-order chi connectivity index (χ0) is 14.1. The molecule has 0 bridgehead atoms. The Balaban J connectivity index is 1.83. The van der Waals surface area contributed by atoms with E-state index in [1.54, 1.807) is 0 Å². The van der Waals surface area contributed by atoms with Crippen LogP contribution in [-0.2, 0) is 0 Å². The normalized spacial score (nSPS) is 24.4. The number of aromatic nitrogens is 2. The number of rotatable bonds is 2. The van der Waals surface area contributed by atoms with Crippen molar-refractivity contribution in [2.75, 3.05) is 55.3 Å². The van der Waals surface area contributed by atoms with Gasteiger partial charge in [-0.15, -0.1) is 0 Å². The fourth-order valence-electron chi connectivity index (χ4n) is 3.06. The monoisotopic (exact) mass is 276 g/mol. The van der Waals surface area contributed by atoms with Crippen molar-refractivity contribution in [2.24, 2.45) is 0 Å². The molecule has 0 saturated carbocycles. The van der Waals surface area contributed by atoms with E-state index in [1.165, 1.54) is 12.8 Å². The standard InChI is InChI=1S/C14H24N6/c1-11-4-3-5-20(11)13-10-12(16-14(15)17-13)19-8-6-18(2)7-9-19/h10-11H,3-9H2,1-2H3,(H2,15,16,17). The minimum absolute atomic E-state index is 0.385. The average molecular weight is 276 g/mol. The number of nitrogens with two attached hydrogens (primary N) is 1. The van der Waals surface area contributed by atoms with Crippen LogP contribution < -0.4 is 15.5 Å². The highest BCUT2D eigenvalue weighted by Gasteiger charge is 2.24. The number of likely N-dealkylation sites (N-methyl/N-ethyl adjacent to an activating group) is 1. The SMILES string of the molecule is CC1CCCN1c1cc(N2CCN(C)CC2)nc(N)n1. The van der Waals surface area contributed by atoms with Crippen LogP contribution in [-0.4, -0.2) is 60.7 Å². The molecule has 2 aliphatic heterocycles. The van der Waals surface area contributed by atoms with E-state index in [2.05, 4.69) is 44.7 Å². The van der Waals surface area contributed by atoms with Gasteiger partial charge in [0.1, 0.15) is 11.6 Å². The van der Waals surface area contributed by atoms with Crippen LogP contribution in [0.3, 0.4) is 0 Å². The predicted octanol–water partition coefficient (Wildman–Crippen LogP) is 0.799. The first kappa shape index (κ1) is 13.4. The van der Waals surface area contributed by atoms with E-state index >= 15 is 0 Å². The van der Waals surface area contributed by atoms with E-state index in [4.69, 9.17) is 5.73 Å². The second-order valence-corrected chi connectivity index (χ2v) is 5.92. The van der Waals surface area contributed by atoms with Gasteiger partial charge in [0.2, 0.25) is 5.95 Å². The highest BCUT2D eigenvalue weighted by Crippen LogP contribution is 2.27. The van der Waals surface area contributed by atoms with Crippen molar-refractivity contribution in [3.8, 4) is 0 Å². The molecule has 3 rings (SSSR count). The molecule has 0 radical (unpaired) electrons. The maximum Gasteiger partial charge on any atom is 0.223 e. The van der Waals surface area contributed by atoms with E-state index in [-0.39, 0.29) is 0 Å².